The van der Waals surface area contributed by atoms with Crippen molar-refractivity contribution in [3.05, 3.63) is 59.1 Å². The predicted molar refractivity (Wildman–Crippen MR) is 79.2 cm³/mol. The van der Waals surface area contributed by atoms with Crippen LogP contribution in [0.4, 0.5) is 0 Å². The molecule has 93 valence electrons. The Morgan fingerprint density at radius 1 is 1.33 bits per heavy atom. The maximum absolute atomic E-state index is 4.53. The molecule has 1 N–H and O–H groups in total. The number of hydrogen-bond acceptors (Lipinski definition) is 2. The minimum atomic E-state index is 0.723. The van der Waals surface area contributed by atoms with Crippen LogP contribution >= 0.6 is 15.9 Å². The van der Waals surface area contributed by atoms with Crippen molar-refractivity contribution < 1.29 is 0 Å². The van der Waals surface area contributed by atoms with Crippen LogP contribution in [0.1, 0.15) is 11.1 Å². The van der Waals surface area contributed by atoms with Crippen LogP contribution in [0, 0.1) is 13.8 Å². The molecule has 2 aromatic rings. The second-order valence-corrected chi connectivity index (χ2v) is 5.07. The number of benzene rings is 1. The Kier molecular flexibility index (Phi) is 4.50. The third-order valence-electron chi connectivity index (χ3n) is 2.81. The molecule has 0 aliphatic heterocycles. The van der Waals surface area contributed by atoms with Crippen molar-refractivity contribution in [2.24, 2.45) is 0 Å². The van der Waals surface area contributed by atoms with E-state index in [1.165, 1.54) is 16.7 Å². The SMILES string of the molecule is [CH2]CNCc1ccccc1-c1ncc(Br)cc1C. The summed E-state index contributed by atoms with van der Waals surface area (Å²) < 4.78 is 1.01. The number of hydrogen-bond donors (Lipinski definition) is 1. The Hall–Kier alpha value is -1.19. The fraction of sp³-hybridized carbons (Fsp3) is 0.200. The van der Waals surface area contributed by atoms with Gasteiger partial charge in [0.1, 0.15) is 0 Å². The molecule has 0 atom stereocenters. The highest BCUT2D eigenvalue weighted by Gasteiger charge is 2.08. The molecule has 1 aromatic carbocycles. The molecule has 0 unspecified atom stereocenters. The van der Waals surface area contributed by atoms with E-state index >= 15 is 0 Å². The Labute approximate surface area is 117 Å². The third kappa shape index (κ3) is 2.98. The van der Waals surface area contributed by atoms with Crippen LogP contribution in [-0.2, 0) is 6.54 Å². The van der Waals surface area contributed by atoms with Crippen molar-refractivity contribution in [1.82, 2.24) is 10.3 Å². The Morgan fingerprint density at radius 2 is 2.11 bits per heavy atom. The van der Waals surface area contributed by atoms with Gasteiger partial charge in [0.2, 0.25) is 0 Å². The number of halogens is 1. The first-order valence-electron chi connectivity index (χ1n) is 5.92. The average Bonchev–Trinajstić information content (AvgIpc) is 2.37. The molecule has 0 saturated carbocycles. The van der Waals surface area contributed by atoms with E-state index in [2.05, 4.69) is 64.3 Å². The summed E-state index contributed by atoms with van der Waals surface area (Å²) in [6, 6.07) is 10.4. The summed E-state index contributed by atoms with van der Waals surface area (Å²) in [4.78, 5) is 4.53. The van der Waals surface area contributed by atoms with E-state index in [1.807, 2.05) is 12.3 Å². The lowest BCUT2D eigenvalue weighted by atomic mass is 10.0. The number of nitrogens with zero attached hydrogens (tertiary/aromatic N) is 1. The van der Waals surface area contributed by atoms with Gasteiger partial charge in [-0.2, -0.15) is 0 Å². The number of nitrogens with one attached hydrogen (secondary N) is 1. The van der Waals surface area contributed by atoms with E-state index in [-0.39, 0.29) is 0 Å². The molecule has 0 amide bonds. The van der Waals surface area contributed by atoms with Crippen molar-refractivity contribution >= 4 is 15.9 Å². The molecule has 18 heavy (non-hydrogen) atoms. The molecule has 0 aliphatic rings. The van der Waals surface area contributed by atoms with Crippen molar-refractivity contribution in [3.8, 4) is 11.3 Å². The van der Waals surface area contributed by atoms with Crippen molar-refractivity contribution in [2.45, 2.75) is 13.5 Å². The van der Waals surface area contributed by atoms with Gasteiger partial charge in [0, 0.05) is 22.8 Å². The van der Waals surface area contributed by atoms with Gasteiger partial charge in [0.25, 0.3) is 0 Å². The number of rotatable bonds is 4. The molecule has 0 saturated heterocycles. The van der Waals surface area contributed by atoms with E-state index in [4.69, 9.17) is 0 Å². The molecule has 1 aromatic heterocycles. The van der Waals surface area contributed by atoms with Crippen molar-refractivity contribution in [3.63, 3.8) is 0 Å². The second kappa shape index (κ2) is 6.12. The van der Waals surface area contributed by atoms with Crippen LogP contribution in [0.25, 0.3) is 11.3 Å². The summed E-state index contributed by atoms with van der Waals surface area (Å²) in [5.74, 6) is 0. The predicted octanol–water partition coefficient (Wildman–Crippen LogP) is 3.74. The summed E-state index contributed by atoms with van der Waals surface area (Å²) in [5.41, 5.74) is 4.65. The molecule has 2 rings (SSSR count). The van der Waals surface area contributed by atoms with Gasteiger partial charge in [-0.05, 0) is 53.5 Å². The zero-order chi connectivity index (χ0) is 13.0. The smallest absolute Gasteiger partial charge is 0.0735 e. The minimum Gasteiger partial charge on any atom is -0.313 e. The first-order valence-corrected chi connectivity index (χ1v) is 6.72. The van der Waals surface area contributed by atoms with Crippen LogP contribution in [0.5, 0.6) is 0 Å². The normalized spacial score (nSPS) is 10.6. The number of aryl methyl sites for hydroxylation is 1. The van der Waals surface area contributed by atoms with Gasteiger partial charge in [0.05, 0.1) is 5.69 Å². The summed E-state index contributed by atoms with van der Waals surface area (Å²) in [5, 5.41) is 3.26. The lowest BCUT2D eigenvalue weighted by molar-refractivity contribution is 0.759. The molecule has 1 radical (unpaired) electrons. The average molecular weight is 304 g/mol. The first kappa shape index (κ1) is 13.2. The quantitative estimate of drug-likeness (QED) is 0.930. The zero-order valence-corrected chi connectivity index (χ0v) is 12.0. The topological polar surface area (TPSA) is 24.9 Å². The molecule has 1 heterocycles. The molecule has 2 nitrogen and oxygen atoms in total. The Bertz CT molecular complexity index is 538. The van der Waals surface area contributed by atoms with Crippen molar-refractivity contribution in [1.29, 1.82) is 0 Å². The minimum absolute atomic E-state index is 0.723. The van der Waals surface area contributed by atoms with Gasteiger partial charge in [-0.1, -0.05) is 24.3 Å². The van der Waals surface area contributed by atoms with Gasteiger partial charge in [-0.25, -0.2) is 0 Å². The first-order chi connectivity index (χ1) is 8.72. The molecule has 0 fully saturated rings. The lowest BCUT2D eigenvalue weighted by Gasteiger charge is -2.11. The third-order valence-corrected chi connectivity index (χ3v) is 3.24. The van der Waals surface area contributed by atoms with Crippen molar-refractivity contribution in [2.75, 3.05) is 6.54 Å². The highest BCUT2D eigenvalue weighted by atomic mass is 79.9. The van der Waals surface area contributed by atoms with Gasteiger partial charge in [0.15, 0.2) is 0 Å². The van der Waals surface area contributed by atoms with Crippen LogP contribution in [0.3, 0.4) is 0 Å². The lowest BCUT2D eigenvalue weighted by Crippen LogP contribution is -2.12. The van der Waals surface area contributed by atoms with Gasteiger partial charge >= 0.3 is 0 Å². The molecular weight excluding hydrogens is 288 g/mol. The summed E-state index contributed by atoms with van der Waals surface area (Å²) in [6.45, 7) is 7.42. The second-order valence-electron chi connectivity index (χ2n) is 4.15. The molecule has 0 aliphatic carbocycles. The van der Waals surface area contributed by atoms with E-state index in [0.29, 0.717) is 0 Å². The maximum atomic E-state index is 4.53. The van der Waals surface area contributed by atoms with E-state index in [9.17, 15) is 0 Å². The van der Waals surface area contributed by atoms with Crippen LogP contribution in [0.15, 0.2) is 41.0 Å². The molecular formula is C15H16BrN2. The maximum Gasteiger partial charge on any atom is 0.0735 e. The van der Waals surface area contributed by atoms with E-state index in [0.717, 1.165) is 23.3 Å². The van der Waals surface area contributed by atoms with Crippen LogP contribution in [0.2, 0.25) is 0 Å². The Morgan fingerprint density at radius 3 is 2.83 bits per heavy atom. The number of pyridine rings is 1. The fourth-order valence-electron chi connectivity index (χ4n) is 1.95. The van der Waals surface area contributed by atoms with E-state index < -0.39 is 0 Å². The fourth-order valence-corrected chi connectivity index (χ4v) is 2.40. The molecule has 0 spiro atoms. The molecule has 3 heteroatoms. The number of aromatic nitrogens is 1. The summed E-state index contributed by atoms with van der Waals surface area (Å²) >= 11 is 3.45. The standard InChI is InChI=1S/C15H16BrN2/c1-3-17-9-12-6-4-5-7-14(12)15-11(2)8-13(16)10-18-15/h4-8,10,17H,1,3,9H2,2H3. The molecule has 0 bridgehead atoms. The summed E-state index contributed by atoms with van der Waals surface area (Å²) in [7, 11) is 0. The van der Waals surface area contributed by atoms with Gasteiger partial charge < -0.3 is 5.32 Å². The monoisotopic (exact) mass is 303 g/mol. The van der Waals surface area contributed by atoms with Gasteiger partial charge in [-0.3, -0.25) is 4.98 Å². The highest BCUT2D eigenvalue weighted by molar-refractivity contribution is 9.10. The highest BCUT2D eigenvalue weighted by Crippen LogP contribution is 2.26. The largest absolute Gasteiger partial charge is 0.313 e. The zero-order valence-electron chi connectivity index (χ0n) is 10.4. The van der Waals surface area contributed by atoms with E-state index in [1.54, 1.807) is 0 Å². The van der Waals surface area contributed by atoms with Gasteiger partial charge in [-0.15, -0.1) is 0 Å². The van der Waals surface area contributed by atoms with Crippen LogP contribution in [-0.4, -0.2) is 11.5 Å². The Balaban J connectivity index is 2.43. The summed E-state index contributed by atoms with van der Waals surface area (Å²) in [6.07, 6.45) is 1.84. The van der Waals surface area contributed by atoms with Crippen LogP contribution < -0.4 is 5.32 Å².